The highest BCUT2D eigenvalue weighted by molar-refractivity contribution is 5.99. The van der Waals surface area contributed by atoms with E-state index in [-0.39, 0.29) is 18.1 Å². The smallest absolute Gasteiger partial charge is 0.230 e. The second-order valence-electron chi connectivity index (χ2n) is 9.11. The van der Waals surface area contributed by atoms with E-state index in [0.29, 0.717) is 42.6 Å². The van der Waals surface area contributed by atoms with Gasteiger partial charge in [0, 0.05) is 23.5 Å². The predicted molar refractivity (Wildman–Crippen MR) is 152 cm³/mol. The highest BCUT2D eigenvalue weighted by Crippen LogP contribution is 2.38. The van der Waals surface area contributed by atoms with Crippen LogP contribution in [0.15, 0.2) is 103 Å². The molecule has 1 N–H and O–H groups in total. The Morgan fingerprint density at radius 3 is 2.38 bits per heavy atom. The van der Waals surface area contributed by atoms with E-state index in [0.717, 1.165) is 22.3 Å². The molecule has 0 saturated heterocycles. The second-order valence-corrected chi connectivity index (χ2v) is 9.11. The van der Waals surface area contributed by atoms with Crippen molar-refractivity contribution in [2.24, 2.45) is 0 Å². The number of amides is 1. The molecule has 5 rings (SSSR count). The molecule has 40 heavy (non-hydrogen) atoms. The SMILES string of the molecule is COc1ccccc1CC(=O)Nc1c(-c2ccncc2)c(-c2ccc(F)cc2)nn1CCOCc1ccccc1. The molecule has 3 aromatic carbocycles. The molecule has 0 spiro atoms. The average molecular weight is 537 g/mol. The maximum Gasteiger partial charge on any atom is 0.230 e. The lowest BCUT2D eigenvalue weighted by Gasteiger charge is -2.13. The zero-order valence-electron chi connectivity index (χ0n) is 22.1. The summed E-state index contributed by atoms with van der Waals surface area (Å²) in [6.07, 6.45) is 3.48. The van der Waals surface area contributed by atoms with Crippen molar-refractivity contribution in [2.45, 2.75) is 19.6 Å². The van der Waals surface area contributed by atoms with E-state index in [4.69, 9.17) is 14.6 Å². The number of ether oxygens (including phenoxy) is 2. The van der Waals surface area contributed by atoms with Crippen molar-refractivity contribution in [3.63, 3.8) is 0 Å². The zero-order chi connectivity index (χ0) is 27.7. The maximum atomic E-state index is 13.8. The molecule has 0 radical (unpaired) electrons. The first-order valence-corrected chi connectivity index (χ1v) is 12.9. The Balaban J connectivity index is 1.50. The maximum absolute atomic E-state index is 13.8. The number of nitrogens with one attached hydrogen (secondary N) is 1. The van der Waals surface area contributed by atoms with Gasteiger partial charge in [-0.15, -0.1) is 0 Å². The number of carbonyl (C=O) groups is 1. The van der Waals surface area contributed by atoms with Gasteiger partial charge in [0.2, 0.25) is 5.91 Å². The van der Waals surface area contributed by atoms with Crippen LogP contribution in [0.5, 0.6) is 5.75 Å². The molecule has 5 aromatic rings. The standard InChI is InChI=1S/C32H29FN4O3/c1-39-28-10-6-5-9-26(28)21-29(38)35-32-30(24-15-17-34-18-16-24)31(25-11-13-27(33)14-12-25)36-37(32)19-20-40-22-23-7-3-2-4-8-23/h2-18H,19-22H2,1H3,(H,35,38). The number of rotatable bonds is 11. The lowest BCUT2D eigenvalue weighted by atomic mass is 10.0. The number of benzene rings is 3. The van der Waals surface area contributed by atoms with Gasteiger partial charge >= 0.3 is 0 Å². The van der Waals surface area contributed by atoms with Crippen molar-refractivity contribution in [3.8, 4) is 28.1 Å². The molecule has 202 valence electrons. The number of carbonyl (C=O) groups excluding carboxylic acids is 1. The minimum Gasteiger partial charge on any atom is -0.496 e. The summed E-state index contributed by atoms with van der Waals surface area (Å²) in [5.74, 6) is 0.598. The number of halogens is 1. The third kappa shape index (κ3) is 6.42. The molecule has 7 nitrogen and oxygen atoms in total. The van der Waals surface area contributed by atoms with E-state index in [1.165, 1.54) is 12.1 Å². The molecule has 0 fully saturated rings. The predicted octanol–water partition coefficient (Wildman–Crippen LogP) is 6.16. The van der Waals surface area contributed by atoms with Gasteiger partial charge < -0.3 is 14.8 Å². The topological polar surface area (TPSA) is 78.3 Å². The molecular weight excluding hydrogens is 507 g/mol. The minimum absolute atomic E-state index is 0.112. The minimum atomic E-state index is -0.340. The van der Waals surface area contributed by atoms with Gasteiger partial charge in [0.15, 0.2) is 0 Å². The number of para-hydroxylation sites is 1. The van der Waals surface area contributed by atoms with Crippen LogP contribution in [-0.2, 0) is 29.1 Å². The van der Waals surface area contributed by atoms with Gasteiger partial charge in [0.25, 0.3) is 0 Å². The fraction of sp³-hybridized carbons (Fsp3) is 0.156. The Hall–Kier alpha value is -4.82. The number of hydrogen-bond donors (Lipinski definition) is 1. The van der Waals surface area contributed by atoms with Crippen LogP contribution >= 0.6 is 0 Å². The highest BCUT2D eigenvalue weighted by atomic mass is 19.1. The van der Waals surface area contributed by atoms with Crippen LogP contribution in [0.4, 0.5) is 10.2 Å². The molecule has 2 heterocycles. The summed E-state index contributed by atoms with van der Waals surface area (Å²) in [6, 6.07) is 27.2. The summed E-state index contributed by atoms with van der Waals surface area (Å²) >= 11 is 0. The number of nitrogens with zero attached hydrogens (tertiary/aromatic N) is 3. The Bertz CT molecular complexity index is 1550. The fourth-order valence-corrected chi connectivity index (χ4v) is 4.47. The van der Waals surface area contributed by atoms with Crippen LogP contribution in [0.25, 0.3) is 22.4 Å². The average Bonchev–Trinajstić information content (AvgIpc) is 3.34. The monoisotopic (exact) mass is 536 g/mol. The lowest BCUT2D eigenvalue weighted by molar-refractivity contribution is -0.115. The second kappa shape index (κ2) is 12.8. The molecule has 2 aromatic heterocycles. The van der Waals surface area contributed by atoms with Crippen LogP contribution in [0, 0.1) is 5.82 Å². The zero-order valence-corrected chi connectivity index (χ0v) is 22.1. The molecule has 0 aliphatic carbocycles. The van der Waals surface area contributed by atoms with Gasteiger partial charge in [0.05, 0.1) is 38.9 Å². The first-order chi connectivity index (χ1) is 19.6. The normalized spacial score (nSPS) is 10.8. The van der Waals surface area contributed by atoms with Crippen molar-refractivity contribution in [1.29, 1.82) is 0 Å². The first-order valence-electron chi connectivity index (χ1n) is 12.9. The summed E-state index contributed by atoms with van der Waals surface area (Å²) in [7, 11) is 1.58. The van der Waals surface area contributed by atoms with Gasteiger partial charge in [-0.25, -0.2) is 9.07 Å². The van der Waals surface area contributed by atoms with Crippen LogP contribution in [0.2, 0.25) is 0 Å². The summed E-state index contributed by atoms with van der Waals surface area (Å²) in [6.45, 7) is 1.21. The number of hydrogen-bond acceptors (Lipinski definition) is 5. The van der Waals surface area contributed by atoms with Gasteiger partial charge in [-0.05, 0) is 53.6 Å². The van der Waals surface area contributed by atoms with Crippen LogP contribution < -0.4 is 10.1 Å². The molecular formula is C32H29FN4O3. The van der Waals surface area contributed by atoms with Crippen LogP contribution in [0.3, 0.4) is 0 Å². The molecule has 0 aliphatic rings. The summed E-state index contributed by atoms with van der Waals surface area (Å²) in [5, 5.41) is 7.97. The van der Waals surface area contributed by atoms with Gasteiger partial charge in [0.1, 0.15) is 23.1 Å². The molecule has 0 unspecified atom stereocenters. The quantitative estimate of drug-likeness (QED) is 0.205. The van der Waals surface area contributed by atoms with E-state index in [9.17, 15) is 9.18 Å². The van der Waals surface area contributed by atoms with Crippen molar-refractivity contribution in [2.75, 3.05) is 19.0 Å². The van der Waals surface area contributed by atoms with Crippen molar-refractivity contribution >= 4 is 11.7 Å². The van der Waals surface area contributed by atoms with E-state index in [1.807, 2.05) is 66.7 Å². The summed E-state index contributed by atoms with van der Waals surface area (Å²) in [4.78, 5) is 17.5. The Kier molecular flexibility index (Phi) is 8.58. The Morgan fingerprint density at radius 2 is 1.62 bits per heavy atom. The van der Waals surface area contributed by atoms with Crippen LogP contribution in [0.1, 0.15) is 11.1 Å². The lowest BCUT2D eigenvalue weighted by Crippen LogP contribution is -2.19. The van der Waals surface area contributed by atoms with E-state index in [1.54, 1.807) is 36.3 Å². The fourth-order valence-electron chi connectivity index (χ4n) is 4.47. The third-order valence-corrected chi connectivity index (χ3v) is 6.40. The van der Waals surface area contributed by atoms with Crippen molar-refractivity contribution < 1.29 is 18.7 Å². The number of aromatic nitrogens is 3. The first kappa shape index (κ1) is 26.8. The number of pyridine rings is 1. The Labute approximate surface area is 232 Å². The molecule has 0 saturated carbocycles. The third-order valence-electron chi connectivity index (χ3n) is 6.40. The van der Waals surface area contributed by atoms with Crippen molar-refractivity contribution in [3.05, 3.63) is 120 Å². The van der Waals surface area contributed by atoms with Crippen molar-refractivity contribution in [1.82, 2.24) is 14.8 Å². The molecule has 0 bridgehead atoms. The van der Waals surface area contributed by atoms with E-state index in [2.05, 4.69) is 10.3 Å². The van der Waals surface area contributed by atoms with Gasteiger partial charge in [-0.2, -0.15) is 5.10 Å². The largest absolute Gasteiger partial charge is 0.496 e. The van der Waals surface area contributed by atoms with E-state index < -0.39 is 0 Å². The number of methoxy groups -OCH3 is 1. The van der Waals surface area contributed by atoms with Gasteiger partial charge in [-0.1, -0.05) is 48.5 Å². The molecule has 0 aliphatic heterocycles. The highest BCUT2D eigenvalue weighted by Gasteiger charge is 2.23. The molecule has 1 amide bonds. The number of anilines is 1. The van der Waals surface area contributed by atoms with E-state index >= 15 is 0 Å². The molecule has 8 heteroatoms. The Morgan fingerprint density at radius 1 is 0.900 bits per heavy atom. The van der Waals surface area contributed by atoms with Gasteiger partial charge in [-0.3, -0.25) is 9.78 Å². The summed E-state index contributed by atoms with van der Waals surface area (Å²) in [5.41, 5.74) is 4.70. The molecule has 0 atom stereocenters. The summed E-state index contributed by atoms with van der Waals surface area (Å²) < 4.78 is 26.9. The van der Waals surface area contributed by atoms with Crippen LogP contribution in [-0.4, -0.2) is 34.4 Å².